The van der Waals surface area contributed by atoms with E-state index in [9.17, 15) is 9.59 Å². The molecule has 6 heteroatoms. The second-order valence-corrected chi connectivity index (χ2v) is 5.84. The second kappa shape index (κ2) is 9.46. The van der Waals surface area contributed by atoms with Gasteiger partial charge in [0, 0.05) is 18.8 Å². The second-order valence-electron chi connectivity index (χ2n) is 5.84. The number of hydrogen-bond donors (Lipinski definition) is 1. The van der Waals surface area contributed by atoms with E-state index in [1.54, 1.807) is 11.0 Å². The SMILES string of the molecule is C=CCN1CNn2ccc(=O)c(OCc3ccccc3)c2C1=O.CCC. The zero-order valence-electron chi connectivity index (χ0n) is 15.3. The highest BCUT2D eigenvalue weighted by Gasteiger charge is 2.28. The number of nitrogens with one attached hydrogen (secondary N) is 1. The molecule has 0 unspecified atom stereocenters. The van der Waals surface area contributed by atoms with E-state index < -0.39 is 0 Å². The molecule has 0 atom stereocenters. The minimum absolute atomic E-state index is 0.0580. The molecule has 0 aliphatic carbocycles. The lowest BCUT2D eigenvalue weighted by Crippen LogP contribution is -2.46. The highest BCUT2D eigenvalue weighted by atomic mass is 16.5. The lowest BCUT2D eigenvalue weighted by molar-refractivity contribution is 0.0738. The predicted molar refractivity (Wildman–Crippen MR) is 103 cm³/mol. The van der Waals surface area contributed by atoms with E-state index in [0.717, 1.165) is 5.56 Å². The molecule has 0 bridgehead atoms. The van der Waals surface area contributed by atoms with Crippen LogP contribution in [0.15, 0.2) is 60.0 Å². The Labute approximate surface area is 153 Å². The standard InChI is InChI=1S/C17H17N3O3.C3H8/c1-2-9-19-12-18-20-10-8-14(21)16(15(20)17(19)22)23-11-13-6-4-3-5-7-13;1-3-2/h2-8,10,18H,1,9,11-12H2;3H2,1-2H3. The van der Waals surface area contributed by atoms with Gasteiger partial charge >= 0.3 is 0 Å². The lowest BCUT2D eigenvalue weighted by Gasteiger charge is -2.31. The Morgan fingerprint density at radius 1 is 1.19 bits per heavy atom. The van der Waals surface area contributed by atoms with E-state index in [2.05, 4.69) is 25.9 Å². The summed E-state index contributed by atoms with van der Waals surface area (Å²) in [6.07, 6.45) is 4.43. The molecule has 2 aromatic rings. The van der Waals surface area contributed by atoms with Crippen LogP contribution in [0, 0.1) is 0 Å². The smallest absolute Gasteiger partial charge is 0.278 e. The number of rotatable bonds is 5. The first kappa shape index (κ1) is 19.3. The van der Waals surface area contributed by atoms with Crippen molar-refractivity contribution in [2.24, 2.45) is 0 Å². The largest absolute Gasteiger partial charge is 0.482 e. The average molecular weight is 355 g/mol. The maximum Gasteiger partial charge on any atom is 0.278 e. The van der Waals surface area contributed by atoms with Gasteiger partial charge in [-0.2, -0.15) is 0 Å². The molecular formula is C20H25N3O3. The van der Waals surface area contributed by atoms with Gasteiger partial charge in [0.25, 0.3) is 5.91 Å². The zero-order chi connectivity index (χ0) is 18.9. The molecule has 0 radical (unpaired) electrons. The van der Waals surface area contributed by atoms with Gasteiger partial charge in [-0.05, 0) is 5.56 Å². The summed E-state index contributed by atoms with van der Waals surface area (Å²) in [6, 6.07) is 10.9. The highest BCUT2D eigenvalue weighted by molar-refractivity contribution is 5.96. The average Bonchev–Trinajstić information content (AvgIpc) is 2.65. The number of pyridine rings is 1. The van der Waals surface area contributed by atoms with E-state index in [-0.39, 0.29) is 29.4 Å². The zero-order valence-corrected chi connectivity index (χ0v) is 15.3. The maximum absolute atomic E-state index is 12.6. The summed E-state index contributed by atoms with van der Waals surface area (Å²) in [7, 11) is 0. The van der Waals surface area contributed by atoms with E-state index in [1.807, 2.05) is 30.3 Å². The number of nitrogens with zero attached hydrogens (tertiary/aromatic N) is 2. The van der Waals surface area contributed by atoms with Crippen LogP contribution >= 0.6 is 0 Å². The Hall–Kier alpha value is -3.02. The van der Waals surface area contributed by atoms with Gasteiger partial charge in [-0.3, -0.25) is 14.3 Å². The summed E-state index contributed by atoms with van der Waals surface area (Å²) in [5, 5.41) is 0. The van der Waals surface area contributed by atoms with Crippen molar-refractivity contribution < 1.29 is 9.53 Å². The van der Waals surface area contributed by atoms with E-state index in [4.69, 9.17) is 4.74 Å². The third-order valence-electron chi connectivity index (χ3n) is 3.55. The van der Waals surface area contributed by atoms with E-state index in [0.29, 0.717) is 13.2 Å². The molecule has 0 fully saturated rings. The molecule has 1 aliphatic heterocycles. The van der Waals surface area contributed by atoms with Crippen molar-refractivity contribution in [2.45, 2.75) is 26.9 Å². The quantitative estimate of drug-likeness (QED) is 0.838. The highest BCUT2D eigenvalue weighted by Crippen LogP contribution is 2.19. The minimum atomic E-state index is -0.317. The fraction of sp³-hybridized carbons (Fsp3) is 0.300. The Kier molecular flexibility index (Phi) is 7.02. The topological polar surface area (TPSA) is 63.6 Å². The molecule has 6 nitrogen and oxygen atoms in total. The number of ether oxygens (including phenoxy) is 1. The van der Waals surface area contributed by atoms with Crippen LogP contribution < -0.4 is 15.6 Å². The molecule has 1 aromatic heterocycles. The van der Waals surface area contributed by atoms with Gasteiger partial charge in [0.05, 0.1) is 0 Å². The van der Waals surface area contributed by atoms with Gasteiger partial charge in [-0.15, -0.1) is 6.58 Å². The molecule has 0 saturated carbocycles. The number of carbonyl (C=O) groups excluding carboxylic acids is 1. The molecule has 0 saturated heterocycles. The van der Waals surface area contributed by atoms with Crippen molar-refractivity contribution in [3.8, 4) is 5.75 Å². The molecule has 1 N–H and O–H groups in total. The molecule has 26 heavy (non-hydrogen) atoms. The summed E-state index contributed by atoms with van der Waals surface area (Å²) in [4.78, 5) is 26.3. The van der Waals surface area contributed by atoms with Gasteiger partial charge in [0.15, 0.2) is 11.4 Å². The Morgan fingerprint density at radius 3 is 2.54 bits per heavy atom. The summed E-state index contributed by atoms with van der Waals surface area (Å²) in [5.41, 5.74) is 3.87. The van der Waals surface area contributed by atoms with Crippen molar-refractivity contribution in [2.75, 3.05) is 18.6 Å². The first-order chi connectivity index (χ1) is 12.6. The van der Waals surface area contributed by atoms with Gasteiger partial charge in [0.1, 0.15) is 13.3 Å². The monoisotopic (exact) mass is 355 g/mol. The summed E-state index contributed by atoms with van der Waals surface area (Å²) < 4.78 is 7.20. The van der Waals surface area contributed by atoms with Crippen LogP contribution in [0.5, 0.6) is 5.75 Å². The first-order valence-electron chi connectivity index (χ1n) is 8.68. The van der Waals surface area contributed by atoms with Crippen molar-refractivity contribution in [1.82, 2.24) is 9.58 Å². The molecule has 1 aromatic carbocycles. The fourth-order valence-electron chi connectivity index (χ4n) is 2.41. The Balaban J connectivity index is 0.000000758. The molecule has 3 rings (SSSR count). The number of aromatic nitrogens is 1. The number of carbonyl (C=O) groups is 1. The van der Waals surface area contributed by atoms with Crippen molar-refractivity contribution in [1.29, 1.82) is 0 Å². The Morgan fingerprint density at radius 2 is 1.88 bits per heavy atom. The summed E-state index contributed by atoms with van der Waals surface area (Å²) in [5.74, 6) is -0.202. The first-order valence-corrected chi connectivity index (χ1v) is 8.68. The third-order valence-corrected chi connectivity index (χ3v) is 3.55. The van der Waals surface area contributed by atoms with Crippen LogP contribution in [0.25, 0.3) is 0 Å². The number of fused-ring (bicyclic) bond motifs is 1. The summed E-state index contributed by atoms with van der Waals surface area (Å²) >= 11 is 0. The number of benzene rings is 1. The van der Waals surface area contributed by atoms with E-state index in [1.165, 1.54) is 23.4 Å². The normalized spacial score (nSPS) is 12.4. The number of amides is 1. The Bertz CT molecular complexity index is 800. The summed E-state index contributed by atoms with van der Waals surface area (Å²) in [6.45, 7) is 8.86. The molecular weight excluding hydrogens is 330 g/mol. The van der Waals surface area contributed by atoms with Crippen molar-refractivity contribution in [3.63, 3.8) is 0 Å². The molecule has 1 aliphatic rings. The van der Waals surface area contributed by atoms with Crippen molar-refractivity contribution >= 4 is 5.91 Å². The van der Waals surface area contributed by atoms with Gasteiger partial charge < -0.3 is 15.1 Å². The number of hydrogen-bond acceptors (Lipinski definition) is 4. The maximum atomic E-state index is 12.6. The third kappa shape index (κ3) is 4.53. The van der Waals surface area contributed by atoms with Crippen LogP contribution in [-0.2, 0) is 6.61 Å². The van der Waals surface area contributed by atoms with Crippen LogP contribution in [0.2, 0.25) is 0 Å². The molecule has 2 heterocycles. The van der Waals surface area contributed by atoms with Gasteiger partial charge in [-0.25, -0.2) is 0 Å². The fourth-order valence-corrected chi connectivity index (χ4v) is 2.41. The lowest BCUT2D eigenvalue weighted by atomic mass is 10.2. The molecule has 138 valence electrons. The predicted octanol–water partition coefficient (Wildman–Crippen LogP) is 2.99. The molecule has 1 amide bonds. The van der Waals surface area contributed by atoms with Crippen LogP contribution in [-0.4, -0.2) is 28.7 Å². The van der Waals surface area contributed by atoms with E-state index >= 15 is 0 Å². The van der Waals surface area contributed by atoms with Crippen molar-refractivity contribution in [3.05, 3.63) is 76.7 Å². The molecule has 0 spiro atoms. The van der Waals surface area contributed by atoms with Crippen LogP contribution in [0.1, 0.15) is 36.3 Å². The minimum Gasteiger partial charge on any atom is -0.482 e. The van der Waals surface area contributed by atoms with Gasteiger partial charge in [-0.1, -0.05) is 56.7 Å². The van der Waals surface area contributed by atoms with Crippen LogP contribution in [0.4, 0.5) is 0 Å². The van der Waals surface area contributed by atoms with Crippen LogP contribution in [0.3, 0.4) is 0 Å². The van der Waals surface area contributed by atoms with Gasteiger partial charge in [0.2, 0.25) is 5.43 Å².